The molecular weight excluding hydrogens is 354 g/mol. The van der Waals surface area contributed by atoms with Gasteiger partial charge in [0.05, 0.1) is 17.3 Å². The third-order valence-corrected chi connectivity index (χ3v) is 6.08. The second kappa shape index (κ2) is 7.72. The van der Waals surface area contributed by atoms with Crippen molar-refractivity contribution in [1.29, 1.82) is 0 Å². The van der Waals surface area contributed by atoms with Gasteiger partial charge in [0.1, 0.15) is 0 Å². The highest BCUT2D eigenvalue weighted by Gasteiger charge is 2.30. The summed E-state index contributed by atoms with van der Waals surface area (Å²) in [5.74, 6) is 0.407. The molecule has 2 atom stereocenters. The molecule has 2 unspecified atom stereocenters. The van der Waals surface area contributed by atoms with Crippen molar-refractivity contribution in [3.63, 3.8) is 0 Å². The van der Waals surface area contributed by atoms with Crippen LogP contribution in [0.25, 0.3) is 0 Å². The SMILES string of the molecule is CCCNC(CS(=O)(=O)c1ccc(Br)cc1)C1CCOC1. The Morgan fingerprint density at radius 2 is 2.10 bits per heavy atom. The van der Waals surface area contributed by atoms with E-state index < -0.39 is 9.84 Å². The van der Waals surface area contributed by atoms with Crippen molar-refractivity contribution >= 4 is 25.8 Å². The Bertz CT molecular complexity index is 539. The lowest BCUT2D eigenvalue weighted by molar-refractivity contribution is 0.178. The fourth-order valence-corrected chi connectivity index (χ4v) is 4.41. The Hall–Kier alpha value is -0.430. The molecule has 0 spiro atoms. The minimum absolute atomic E-state index is 0.0407. The van der Waals surface area contributed by atoms with Crippen LogP contribution in [0.4, 0.5) is 0 Å². The molecule has 0 aliphatic carbocycles. The van der Waals surface area contributed by atoms with Crippen LogP contribution in [-0.2, 0) is 14.6 Å². The molecule has 21 heavy (non-hydrogen) atoms. The van der Waals surface area contributed by atoms with Gasteiger partial charge in [-0.25, -0.2) is 8.42 Å². The van der Waals surface area contributed by atoms with E-state index >= 15 is 0 Å². The number of hydrogen-bond acceptors (Lipinski definition) is 4. The molecule has 4 nitrogen and oxygen atoms in total. The highest BCUT2D eigenvalue weighted by molar-refractivity contribution is 9.10. The average Bonchev–Trinajstić information content (AvgIpc) is 2.98. The van der Waals surface area contributed by atoms with Crippen LogP contribution in [0.15, 0.2) is 33.6 Å². The smallest absolute Gasteiger partial charge is 0.179 e. The fourth-order valence-electron chi connectivity index (χ4n) is 2.54. The van der Waals surface area contributed by atoms with E-state index in [2.05, 4.69) is 28.2 Å². The van der Waals surface area contributed by atoms with Crippen molar-refractivity contribution in [2.45, 2.75) is 30.7 Å². The third-order valence-electron chi connectivity index (χ3n) is 3.76. The lowest BCUT2D eigenvalue weighted by Crippen LogP contribution is -2.42. The highest BCUT2D eigenvalue weighted by Crippen LogP contribution is 2.22. The van der Waals surface area contributed by atoms with Crippen molar-refractivity contribution in [3.8, 4) is 0 Å². The van der Waals surface area contributed by atoms with E-state index in [9.17, 15) is 8.42 Å². The molecule has 2 rings (SSSR count). The minimum atomic E-state index is -3.28. The molecule has 0 radical (unpaired) electrons. The second-order valence-corrected chi connectivity index (χ2v) is 8.37. The van der Waals surface area contributed by atoms with E-state index in [1.54, 1.807) is 24.3 Å². The van der Waals surface area contributed by atoms with Crippen molar-refractivity contribution < 1.29 is 13.2 Å². The van der Waals surface area contributed by atoms with Crippen LogP contribution >= 0.6 is 15.9 Å². The summed E-state index contributed by atoms with van der Waals surface area (Å²) >= 11 is 3.33. The Morgan fingerprint density at radius 3 is 2.67 bits per heavy atom. The zero-order chi connectivity index (χ0) is 15.3. The number of rotatable bonds is 7. The maximum absolute atomic E-state index is 12.6. The molecule has 1 heterocycles. The molecule has 1 fully saturated rings. The zero-order valence-corrected chi connectivity index (χ0v) is 14.6. The van der Waals surface area contributed by atoms with Crippen LogP contribution in [0.1, 0.15) is 19.8 Å². The Morgan fingerprint density at radius 1 is 1.38 bits per heavy atom. The lowest BCUT2D eigenvalue weighted by atomic mass is 10.0. The summed E-state index contributed by atoms with van der Waals surface area (Å²) in [7, 11) is -3.28. The number of ether oxygens (including phenoxy) is 1. The van der Waals surface area contributed by atoms with E-state index in [-0.39, 0.29) is 17.7 Å². The molecule has 1 aromatic carbocycles. The van der Waals surface area contributed by atoms with Gasteiger partial charge < -0.3 is 10.1 Å². The van der Waals surface area contributed by atoms with Gasteiger partial charge in [-0.15, -0.1) is 0 Å². The van der Waals surface area contributed by atoms with Crippen molar-refractivity contribution in [1.82, 2.24) is 5.32 Å². The zero-order valence-electron chi connectivity index (χ0n) is 12.2. The van der Waals surface area contributed by atoms with E-state index in [1.807, 2.05) is 0 Å². The van der Waals surface area contributed by atoms with Crippen molar-refractivity contribution in [3.05, 3.63) is 28.7 Å². The molecule has 1 aliphatic rings. The Kier molecular flexibility index (Phi) is 6.22. The topological polar surface area (TPSA) is 55.4 Å². The molecule has 0 amide bonds. The van der Waals surface area contributed by atoms with Gasteiger partial charge >= 0.3 is 0 Å². The molecule has 118 valence electrons. The first-order chi connectivity index (χ1) is 10.0. The molecule has 1 aromatic rings. The molecule has 1 aliphatic heterocycles. The second-order valence-electron chi connectivity index (χ2n) is 5.42. The fraction of sp³-hybridized carbons (Fsp3) is 0.600. The van der Waals surface area contributed by atoms with E-state index in [4.69, 9.17) is 4.74 Å². The molecule has 0 saturated carbocycles. The number of sulfone groups is 1. The lowest BCUT2D eigenvalue weighted by Gasteiger charge is -2.23. The van der Waals surface area contributed by atoms with Gasteiger partial charge in [0.15, 0.2) is 9.84 Å². The number of benzene rings is 1. The quantitative estimate of drug-likeness (QED) is 0.795. The van der Waals surface area contributed by atoms with E-state index in [1.165, 1.54) is 0 Å². The van der Waals surface area contributed by atoms with Crippen LogP contribution in [0.2, 0.25) is 0 Å². The van der Waals surface area contributed by atoms with Gasteiger partial charge in [-0.1, -0.05) is 22.9 Å². The first-order valence-corrected chi connectivity index (χ1v) is 9.77. The molecule has 1 saturated heterocycles. The largest absolute Gasteiger partial charge is 0.381 e. The van der Waals surface area contributed by atoms with Crippen molar-refractivity contribution in [2.24, 2.45) is 5.92 Å². The first-order valence-electron chi connectivity index (χ1n) is 7.32. The average molecular weight is 376 g/mol. The van der Waals surface area contributed by atoms with Crippen LogP contribution < -0.4 is 5.32 Å². The predicted octanol–water partition coefficient (Wildman–Crippen LogP) is 2.63. The van der Waals surface area contributed by atoms with Crippen LogP contribution in [-0.4, -0.2) is 40.0 Å². The standard InChI is InChI=1S/C15H22BrNO3S/c1-2-8-17-15(12-7-9-20-10-12)11-21(18,19)14-5-3-13(16)4-6-14/h3-6,12,15,17H,2,7-11H2,1H3. The van der Waals surface area contributed by atoms with Gasteiger partial charge in [-0.3, -0.25) is 0 Å². The molecule has 0 bridgehead atoms. The summed E-state index contributed by atoms with van der Waals surface area (Å²) in [4.78, 5) is 0.382. The van der Waals surface area contributed by atoms with Crippen LogP contribution in [0.5, 0.6) is 0 Å². The predicted molar refractivity (Wildman–Crippen MR) is 87.2 cm³/mol. The Balaban J connectivity index is 2.11. The maximum atomic E-state index is 12.6. The van der Waals surface area contributed by atoms with E-state index in [0.29, 0.717) is 11.5 Å². The number of hydrogen-bond donors (Lipinski definition) is 1. The monoisotopic (exact) mass is 375 g/mol. The normalized spacial score (nSPS) is 20.6. The minimum Gasteiger partial charge on any atom is -0.381 e. The molecule has 6 heteroatoms. The van der Waals surface area contributed by atoms with Gasteiger partial charge in [0.2, 0.25) is 0 Å². The van der Waals surface area contributed by atoms with Gasteiger partial charge in [-0.2, -0.15) is 0 Å². The van der Waals surface area contributed by atoms with Crippen LogP contribution in [0.3, 0.4) is 0 Å². The summed E-state index contributed by atoms with van der Waals surface area (Å²) in [5, 5.41) is 3.38. The van der Waals surface area contributed by atoms with E-state index in [0.717, 1.165) is 30.5 Å². The summed E-state index contributed by atoms with van der Waals surface area (Å²) in [6.45, 7) is 4.29. The molecule has 1 N–H and O–H groups in total. The Labute approximate surface area is 135 Å². The number of halogens is 1. The maximum Gasteiger partial charge on any atom is 0.179 e. The van der Waals surface area contributed by atoms with Gasteiger partial charge in [-0.05, 0) is 43.7 Å². The molecular formula is C15H22BrNO3S. The van der Waals surface area contributed by atoms with Crippen LogP contribution in [0, 0.1) is 5.92 Å². The first kappa shape index (κ1) is 16.9. The molecule has 0 aromatic heterocycles. The summed E-state index contributed by atoms with van der Waals surface area (Å²) in [6.07, 6.45) is 1.92. The van der Waals surface area contributed by atoms with Gasteiger partial charge in [0, 0.05) is 23.0 Å². The summed E-state index contributed by atoms with van der Waals surface area (Å²) in [6, 6.07) is 6.80. The summed E-state index contributed by atoms with van der Waals surface area (Å²) < 4.78 is 31.4. The van der Waals surface area contributed by atoms with Crippen molar-refractivity contribution in [2.75, 3.05) is 25.5 Å². The highest BCUT2D eigenvalue weighted by atomic mass is 79.9. The van der Waals surface area contributed by atoms with Gasteiger partial charge in [0.25, 0.3) is 0 Å². The third kappa shape index (κ3) is 4.77. The number of nitrogens with one attached hydrogen (secondary N) is 1. The summed E-state index contributed by atoms with van der Waals surface area (Å²) in [5.41, 5.74) is 0.